The van der Waals surface area contributed by atoms with Crippen LogP contribution < -0.4 is 4.90 Å². The molecule has 2 amide bonds. The highest BCUT2D eigenvalue weighted by molar-refractivity contribution is 7.99. The lowest BCUT2D eigenvalue weighted by Crippen LogP contribution is -2.52. The first-order valence-corrected chi connectivity index (χ1v) is 12.3. The molecule has 0 aromatic heterocycles. The molecule has 0 bridgehead atoms. The predicted molar refractivity (Wildman–Crippen MR) is 109 cm³/mol. The van der Waals surface area contributed by atoms with E-state index in [1.807, 2.05) is 11.8 Å². The number of amides is 2. The van der Waals surface area contributed by atoms with Crippen LogP contribution in [-0.2, 0) is 19.6 Å². The van der Waals surface area contributed by atoms with Crippen LogP contribution >= 0.6 is 11.8 Å². The molecule has 3 fully saturated rings. The van der Waals surface area contributed by atoms with Crippen molar-refractivity contribution in [1.29, 1.82) is 0 Å². The smallest absolute Gasteiger partial charge is 0.243 e. The summed E-state index contributed by atoms with van der Waals surface area (Å²) in [6.45, 7) is 2.53. The summed E-state index contributed by atoms with van der Waals surface area (Å²) in [4.78, 5) is 27.5. The monoisotopic (exact) mass is 423 g/mol. The first kappa shape index (κ1) is 19.9. The molecule has 3 saturated heterocycles. The van der Waals surface area contributed by atoms with Gasteiger partial charge in [-0.3, -0.25) is 19.4 Å². The van der Waals surface area contributed by atoms with E-state index in [0.29, 0.717) is 24.8 Å². The summed E-state index contributed by atoms with van der Waals surface area (Å²) in [7, 11) is -3.57. The number of sulfonamides is 1. The van der Waals surface area contributed by atoms with Gasteiger partial charge in [-0.1, -0.05) is 0 Å². The van der Waals surface area contributed by atoms with Crippen LogP contribution in [0.5, 0.6) is 0 Å². The molecule has 28 heavy (non-hydrogen) atoms. The fraction of sp³-hybridized carbons (Fsp3) is 0.579. The van der Waals surface area contributed by atoms with Gasteiger partial charge in [-0.2, -0.15) is 16.1 Å². The molecule has 3 aliphatic rings. The second kappa shape index (κ2) is 8.14. The van der Waals surface area contributed by atoms with Gasteiger partial charge in [0.25, 0.3) is 0 Å². The van der Waals surface area contributed by atoms with Gasteiger partial charge in [0, 0.05) is 45.1 Å². The van der Waals surface area contributed by atoms with Crippen molar-refractivity contribution in [2.45, 2.75) is 36.6 Å². The Kier molecular flexibility index (Phi) is 5.78. The minimum absolute atomic E-state index is 0.206. The highest BCUT2D eigenvalue weighted by Crippen LogP contribution is 2.27. The van der Waals surface area contributed by atoms with E-state index in [0.717, 1.165) is 18.0 Å². The minimum Gasteiger partial charge on any atom is -0.298 e. The van der Waals surface area contributed by atoms with Crippen LogP contribution in [0, 0.1) is 0 Å². The highest BCUT2D eigenvalue weighted by Gasteiger charge is 2.33. The van der Waals surface area contributed by atoms with E-state index >= 15 is 0 Å². The molecule has 7 nitrogen and oxygen atoms in total. The molecule has 3 aliphatic heterocycles. The summed E-state index contributed by atoms with van der Waals surface area (Å²) < 4.78 is 27.5. The predicted octanol–water partition coefficient (Wildman–Crippen LogP) is 1.54. The van der Waals surface area contributed by atoms with Crippen LogP contribution in [0.2, 0.25) is 0 Å². The molecule has 0 atom stereocenters. The maximum Gasteiger partial charge on any atom is 0.243 e. The first-order valence-electron chi connectivity index (χ1n) is 9.74. The van der Waals surface area contributed by atoms with Gasteiger partial charge < -0.3 is 0 Å². The van der Waals surface area contributed by atoms with Gasteiger partial charge >= 0.3 is 0 Å². The average Bonchev–Trinajstić information content (AvgIpc) is 3.07. The molecular formula is C19H25N3O4S2. The van der Waals surface area contributed by atoms with Crippen LogP contribution in [0.25, 0.3) is 0 Å². The Hall–Kier alpha value is -1.42. The summed E-state index contributed by atoms with van der Waals surface area (Å²) >= 11 is 2.00. The van der Waals surface area contributed by atoms with Crippen LogP contribution in [0.4, 0.5) is 5.69 Å². The molecule has 152 valence electrons. The number of rotatable bonds is 4. The van der Waals surface area contributed by atoms with E-state index in [9.17, 15) is 18.0 Å². The number of piperazine rings is 1. The fourth-order valence-corrected chi connectivity index (χ4v) is 6.64. The summed E-state index contributed by atoms with van der Waals surface area (Å²) in [6, 6.07) is 6.66. The van der Waals surface area contributed by atoms with Crippen molar-refractivity contribution in [1.82, 2.24) is 9.21 Å². The van der Waals surface area contributed by atoms with Gasteiger partial charge in [-0.25, -0.2) is 8.42 Å². The number of anilines is 1. The second-order valence-corrected chi connectivity index (χ2v) is 10.6. The Bertz CT molecular complexity index is 826. The largest absolute Gasteiger partial charge is 0.298 e. The van der Waals surface area contributed by atoms with Crippen molar-refractivity contribution in [2.75, 3.05) is 42.6 Å². The molecule has 0 N–H and O–H groups in total. The maximum atomic E-state index is 13.0. The van der Waals surface area contributed by atoms with E-state index in [2.05, 4.69) is 4.90 Å². The molecule has 1 aromatic rings. The first-order chi connectivity index (χ1) is 13.5. The third-order valence-electron chi connectivity index (χ3n) is 5.76. The van der Waals surface area contributed by atoms with Gasteiger partial charge in [0.05, 0.1) is 10.6 Å². The quantitative estimate of drug-likeness (QED) is 0.684. The van der Waals surface area contributed by atoms with E-state index in [1.54, 1.807) is 16.4 Å². The number of carbonyl (C=O) groups is 2. The summed E-state index contributed by atoms with van der Waals surface area (Å²) in [6.07, 6.45) is 2.80. The molecule has 0 saturated carbocycles. The second-order valence-electron chi connectivity index (χ2n) is 7.40. The van der Waals surface area contributed by atoms with E-state index < -0.39 is 10.0 Å². The van der Waals surface area contributed by atoms with Crippen molar-refractivity contribution in [3.8, 4) is 0 Å². The summed E-state index contributed by atoms with van der Waals surface area (Å²) in [5, 5.41) is 0. The lowest BCUT2D eigenvalue weighted by atomic mass is 10.1. The Morgan fingerprint density at radius 3 is 2.00 bits per heavy atom. The highest BCUT2D eigenvalue weighted by atomic mass is 32.2. The Morgan fingerprint density at radius 1 is 0.857 bits per heavy atom. The normalized spacial score (nSPS) is 23.5. The molecule has 4 rings (SSSR count). The zero-order chi connectivity index (χ0) is 19.7. The molecule has 0 unspecified atom stereocenters. The van der Waals surface area contributed by atoms with E-state index in [4.69, 9.17) is 0 Å². The Labute approximate surface area is 170 Å². The number of benzene rings is 1. The van der Waals surface area contributed by atoms with Crippen molar-refractivity contribution in [3.63, 3.8) is 0 Å². The molecule has 0 aliphatic carbocycles. The standard InChI is InChI=1S/C19H25N3O4S2/c23-18-5-6-19(24)22(18)16-1-3-17(4-2-16)28(25,26)21-11-9-20(10-12-21)15-7-13-27-14-8-15/h1-4,15H,5-14H2. The lowest BCUT2D eigenvalue weighted by molar-refractivity contribution is -0.121. The number of hydrogen-bond acceptors (Lipinski definition) is 6. The molecule has 3 heterocycles. The number of imide groups is 1. The SMILES string of the molecule is O=C1CCC(=O)N1c1ccc(S(=O)(=O)N2CCN(C3CCSCC3)CC2)cc1. The van der Waals surface area contributed by atoms with Crippen LogP contribution in [0.3, 0.4) is 0 Å². The van der Waals surface area contributed by atoms with Gasteiger partial charge in [0.1, 0.15) is 0 Å². The zero-order valence-electron chi connectivity index (χ0n) is 15.7. The van der Waals surface area contributed by atoms with Crippen LogP contribution in [0.15, 0.2) is 29.2 Å². The molecule has 1 aromatic carbocycles. The maximum absolute atomic E-state index is 13.0. The third-order valence-corrected chi connectivity index (χ3v) is 8.73. The molecular weight excluding hydrogens is 398 g/mol. The number of carbonyl (C=O) groups excluding carboxylic acids is 2. The number of hydrogen-bond donors (Lipinski definition) is 0. The van der Waals surface area contributed by atoms with E-state index in [1.165, 1.54) is 36.5 Å². The summed E-state index contributed by atoms with van der Waals surface area (Å²) in [5.74, 6) is 1.91. The van der Waals surface area contributed by atoms with Crippen molar-refractivity contribution < 1.29 is 18.0 Å². The topological polar surface area (TPSA) is 78.0 Å². The fourth-order valence-electron chi connectivity index (χ4n) is 4.14. The Morgan fingerprint density at radius 2 is 1.43 bits per heavy atom. The van der Waals surface area contributed by atoms with Crippen LogP contribution in [0.1, 0.15) is 25.7 Å². The van der Waals surface area contributed by atoms with Crippen molar-refractivity contribution >= 4 is 39.3 Å². The third kappa shape index (κ3) is 3.85. The lowest BCUT2D eigenvalue weighted by Gasteiger charge is -2.40. The van der Waals surface area contributed by atoms with Gasteiger partial charge in [0.2, 0.25) is 21.8 Å². The van der Waals surface area contributed by atoms with Crippen LogP contribution in [-0.4, -0.2) is 73.2 Å². The molecule has 0 spiro atoms. The average molecular weight is 424 g/mol. The number of nitrogens with zero attached hydrogens (tertiary/aromatic N) is 3. The van der Waals surface area contributed by atoms with Crippen molar-refractivity contribution in [2.24, 2.45) is 0 Å². The van der Waals surface area contributed by atoms with E-state index in [-0.39, 0.29) is 29.6 Å². The Balaban J connectivity index is 1.42. The van der Waals surface area contributed by atoms with Gasteiger partial charge in [-0.15, -0.1) is 0 Å². The zero-order valence-corrected chi connectivity index (χ0v) is 17.4. The summed E-state index contributed by atoms with van der Waals surface area (Å²) in [5.41, 5.74) is 0.437. The van der Waals surface area contributed by atoms with Gasteiger partial charge in [0.15, 0.2) is 0 Å². The van der Waals surface area contributed by atoms with Gasteiger partial charge in [-0.05, 0) is 48.6 Å². The van der Waals surface area contributed by atoms with Crippen molar-refractivity contribution in [3.05, 3.63) is 24.3 Å². The molecule has 9 heteroatoms. The number of thioether (sulfide) groups is 1. The minimum atomic E-state index is -3.57. The molecule has 0 radical (unpaired) electrons.